The highest BCUT2D eigenvalue weighted by atomic mass is 35.5. The zero-order chi connectivity index (χ0) is 12.7. The molecule has 3 nitrogen and oxygen atoms in total. The van der Waals surface area contributed by atoms with E-state index < -0.39 is 0 Å². The van der Waals surface area contributed by atoms with Gasteiger partial charge in [-0.1, -0.05) is 37.0 Å². The molecule has 5 heteroatoms. The topological polar surface area (TPSA) is 46.5 Å². The van der Waals surface area contributed by atoms with E-state index in [1.165, 1.54) is 19.1 Å². The average molecular weight is 265 g/mol. The fourth-order valence-electron chi connectivity index (χ4n) is 0.886. The third-order valence-electron chi connectivity index (χ3n) is 1.52. The lowest BCUT2D eigenvalue weighted by molar-refractivity contribution is -0.142. The molecule has 1 rings (SSSR count). The van der Waals surface area contributed by atoms with Crippen molar-refractivity contribution in [1.29, 1.82) is 0 Å². The molecule has 1 aromatic rings. The molecule has 16 heavy (non-hydrogen) atoms. The van der Waals surface area contributed by atoms with Crippen LogP contribution < -0.4 is 0 Å². The number of carbonyl (C=O) groups excluding carboxylic acids is 1. The summed E-state index contributed by atoms with van der Waals surface area (Å²) in [5.74, 6) is -0.551. The lowest BCUT2D eigenvalue weighted by Crippen LogP contribution is -1.98. The molecule has 1 aromatic carbocycles. The van der Waals surface area contributed by atoms with Crippen LogP contribution >= 0.6 is 23.2 Å². The van der Waals surface area contributed by atoms with Gasteiger partial charge in [0.25, 0.3) is 0 Å². The average Bonchev–Trinajstić information content (AvgIpc) is 2.25. The molecule has 0 aromatic heterocycles. The minimum absolute atomic E-state index is 0.0923. The zero-order valence-corrected chi connectivity index (χ0v) is 10.9. The molecule has 0 atom stereocenters. The van der Waals surface area contributed by atoms with E-state index in [0.29, 0.717) is 5.56 Å². The van der Waals surface area contributed by atoms with E-state index in [2.05, 4.69) is 0 Å². The van der Waals surface area contributed by atoms with Gasteiger partial charge in [0.1, 0.15) is 6.61 Å². The van der Waals surface area contributed by atoms with E-state index in [4.69, 9.17) is 27.9 Å². The van der Waals surface area contributed by atoms with Gasteiger partial charge in [-0.2, -0.15) is 0 Å². The summed E-state index contributed by atoms with van der Waals surface area (Å²) in [7, 11) is 0. The van der Waals surface area contributed by atoms with Crippen molar-refractivity contribution in [1.82, 2.24) is 0 Å². The molecule has 0 unspecified atom stereocenters. The van der Waals surface area contributed by atoms with Crippen LogP contribution in [-0.4, -0.2) is 11.1 Å². The van der Waals surface area contributed by atoms with Crippen LogP contribution in [-0.2, 0) is 16.1 Å². The van der Waals surface area contributed by atoms with Crippen molar-refractivity contribution in [3.05, 3.63) is 27.7 Å². The van der Waals surface area contributed by atoms with Crippen molar-refractivity contribution in [2.75, 3.05) is 0 Å². The number of ether oxygens (including phenoxy) is 1. The monoisotopic (exact) mass is 264 g/mol. The minimum Gasteiger partial charge on any atom is -0.505 e. The molecule has 0 aliphatic carbocycles. The third-order valence-corrected chi connectivity index (χ3v) is 2.10. The van der Waals surface area contributed by atoms with Crippen molar-refractivity contribution >= 4 is 29.2 Å². The summed E-state index contributed by atoms with van der Waals surface area (Å²) < 4.78 is 4.74. The maximum Gasteiger partial charge on any atom is 0.302 e. The number of hydrogen-bond acceptors (Lipinski definition) is 3. The van der Waals surface area contributed by atoms with Crippen molar-refractivity contribution in [2.24, 2.45) is 0 Å². The summed E-state index contributed by atoms with van der Waals surface area (Å²) in [6, 6.07) is 2.98. The van der Waals surface area contributed by atoms with Crippen LogP contribution in [0.2, 0.25) is 10.0 Å². The van der Waals surface area contributed by atoms with Crippen LogP contribution in [0.15, 0.2) is 12.1 Å². The van der Waals surface area contributed by atoms with Crippen LogP contribution in [0.1, 0.15) is 26.3 Å². The Kier molecular flexibility index (Phi) is 6.93. The molecule has 0 aliphatic heterocycles. The van der Waals surface area contributed by atoms with Gasteiger partial charge in [0.2, 0.25) is 0 Å². The SMILES string of the molecule is CC.CC(=O)OCc1cc(Cl)c(O)c(Cl)c1. The van der Waals surface area contributed by atoms with Crippen LogP contribution in [0, 0.1) is 0 Å². The normalized spacial score (nSPS) is 9.06. The van der Waals surface area contributed by atoms with E-state index in [9.17, 15) is 9.90 Å². The molecule has 0 radical (unpaired) electrons. The molecular formula is C11H14Cl2O3. The lowest BCUT2D eigenvalue weighted by atomic mass is 10.2. The Morgan fingerprint density at radius 1 is 1.31 bits per heavy atom. The van der Waals surface area contributed by atoms with Gasteiger partial charge in [-0.05, 0) is 17.7 Å². The Balaban J connectivity index is 0.00000106. The molecule has 0 amide bonds. The second kappa shape index (κ2) is 7.36. The second-order valence-electron chi connectivity index (χ2n) is 2.69. The highest BCUT2D eigenvalue weighted by Crippen LogP contribution is 2.32. The number of aromatic hydroxyl groups is 1. The van der Waals surface area contributed by atoms with E-state index in [1.54, 1.807) is 0 Å². The smallest absolute Gasteiger partial charge is 0.302 e. The van der Waals surface area contributed by atoms with E-state index >= 15 is 0 Å². The first-order valence-electron chi connectivity index (χ1n) is 4.81. The number of phenolic OH excluding ortho intramolecular Hbond substituents is 1. The zero-order valence-electron chi connectivity index (χ0n) is 9.38. The van der Waals surface area contributed by atoms with Gasteiger partial charge < -0.3 is 9.84 Å². The Morgan fingerprint density at radius 2 is 1.75 bits per heavy atom. The predicted molar refractivity (Wildman–Crippen MR) is 64.9 cm³/mol. The van der Waals surface area contributed by atoms with E-state index in [0.717, 1.165) is 0 Å². The van der Waals surface area contributed by atoms with Gasteiger partial charge in [-0.3, -0.25) is 4.79 Å². The molecule has 1 N–H and O–H groups in total. The summed E-state index contributed by atoms with van der Waals surface area (Å²) in [4.78, 5) is 10.5. The molecular weight excluding hydrogens is 251 g/mol. The van der Waals surface area contributed by atoms with Gasteiger partial charge in [-0.25, -0.2) is 0 Å². The van der Waals surface area contributed by atoms with Crippen molar-refractivity contribution < 1.29 is 14.6 Å². The Morgan fingerprint density at radius 3 is 2.12 bits per heavy atom. The fraction of sp³-hybridized carbons (Fsp3) is 0.364. The first kappa shape index (κ1) is 15.1. The largest absolute Gasteiger partial charge is 0.505 e. The van der Waals surface area contributed by atoms with Gasteiger partial charge in [0, 0.05) is 6.92 Å². The minimum atomic E-state index is -0.384. The van der Waals surface area contributed by atoms with Crippen molar-refractivity contribution in [3.8, 4) is 5.75 Å². The fourth-order valence-corrected chi connectivity index (χ4v) is 1.42. The van der Waals surface area contributed by atoms with Crippen LogP contribution in [0.25, 0.3) is 0 Å². The van der Waals surface area contributed by atoms with Crippen molar-refractivity contribution in [2.45, 2.75) is 27.4 Å². The first-order chi connectivity index (χ1) is 7.50. The third kappa shape index (κ3) is 4.73. The molecule has 0 aliphatic rings. The predicted octanol–water partition coefficient (Wildman–Crippen LogP) is 3.79. The summed E-state index contributed by atoms with van der Waals surface area (Å²) >= 11 is 11.3. The molecule has 0 spiro atoms. The number of esters is 1. The molecule has 0 saturated carbocycles. The Bertz CT molecular complexity index is 341. The summed E-state index contributed by atoms with van der Waals surface area (Å²) in [6.07, 6.45) is 0. The molecule has 0 saturated heterocycles. The number of benzene rings is 1. The Hall–Kier alpha value is -0.930. The Labute approximate surface area is 105 Å². The quantitative estimate of drug-likeness (QED) is 0.827. The standard InChI is InChI=1S/C9H8Cl2O3.C2H6/c1-5(12)14-4-6-2-7(10)9(13)8(11)3-6;1-2/h2-3,13H,4H2,1H3;1-2H3. The summed E-state index contributed by atoms with van der Waals surface area (Å²) in [5, 5.41) is 9.51. The van der Waals surface area contributed by atoms with Crippen LogP contribution in [0.4, 0.5) is 0 Å². The maximum atomic E-state index is 10.5. The number of carbonyl (C=O) groups is 1. The molecule has 0 bridgehead atoms. The maximum absolute atomic E-state index is 10.5. The highest BCUT2D eigenvalue weighted by Gasteiger charge is 2.07. The molecule has 0 fully saturated rings. The number of phenols is 1. The van der Waals surface area contributed by atoms with Gasteiger partial charge >= 0.3 is 5.97 Å². The number of rotatable bonds is 2. The number of halogens is 2. The summed E-state index contributed by atoms with van der Waals surface area (Å²) in [6.45, 7) is 5.40. The van der Waals surface area contributed by atoms with E-state index in [1.807, 2.05) is 13.8 Å². The molecule has 90 valence electrons. The molecule has 0 heterocycles. The second-order valence-corrected chi connectivity index (χ2v) is 3.50. The lowest BCUT2D eigenvalue weighted by Gasteiger charge is -2.05. The first-order valence-corrected chi connectivity index (χ1v) is 5.56. The van der Waals surface area contributed by atoms with Gasteiger partial charge in [0.15, 0.2) is 5.75 Å². The summed E-state index contributed by atoms with van der Waals surface area (Å²) in [5.41, 5.74) is 0.632. The van der Waals surface area contributed by atoms with Gasteiger partial charge in [-0.15, -0.1) is 0 Å². The van der Waals surface area contributed by atoms with E-state index in [-0.39, 0.29) is 28.4 Å². The van der Waals surface area contributed by atoms with Crippen LogP contribution in [0.3, 0.4) is 0 Å². The van der Waals surface area contributed by atoms with Crippen LogP contribution in [0.5, 0.6) is 5.75 Å². The van der Waals surface area contributed by atoms with Crippen molar-refractivity contribution in [3.63, 3.8) is 0 Å². The van der Waals surface area contributed by atoms with Gasteiger partial charge in [0.05, 0.1) is 10.0 Å². The number of hydrogen-bond donors (Lipinski definition) is 1. The highest BCUT2D eigenvalue weighted by molar-refractivity contribution is 6.37.